The van der Waals surface area contributed by atoms with Gasteiger partial charge in [-0.15, -0.1) is 0 Å². The molecule has 0 aliphatic heterocycles. The van der Waals surface area contributed by atoms with Gasteiger partial charge in [0.1, 0.15) is 0 Å². The van der Waals surface area contributed by atoms with Gasteiger partial charge in [0.25, 0.3) is 0 Å². The molecular formula is C17H25NO3. The lowest BCUT2D eigenvalue weighted by Crippen LogP contribution is -2.40. The summed E-state index contributed by atoms with van der Waals surface area (Å²) in [6.07, 6.45) is 4.90. The second-order valence-electron chi connectivity index (χ2n) is 5.65. The highest BCUT2D eigenvalue weighted by molar-refractivity contribution is 5.72. The van der Waals surface area contributed by atoms with Gasteiger partial charge in [-0.25, -0.2) is 0 Å². The fraction of sp³-hybridized carbons (Fsp3) is 0.588. The Labute approximate surface area is 126 Å². The van der Waals surface area contributed by atoms with Gasteiger partial charge in [0.05, 0.1) is 13.5 Å². The van der Waals surface area contributed by atoms with Gasteiger partial charge in [-0.1, -0.05) is 30.7 Å². The van der Waals surface area contributed by atoms with Gasteiger partial charge in [-0.2, -0.15) is 0 Å². The maximum absolute atomic E-state index is 11.5. The number of ether oxygens (including phenoxy) is 1. The van der Waals surface area contributed by atoms with Gasteiger partial charge >= 0.3 is 5.97 Å². The number of hydrogen-bond donors (Lipinski definition) is 1. The van der Waals surface area contributed by atoms with Gasteiger partial charge < -0.3 is 9.84 Å². The fourth-order valence-electron chi connectivity index (χ4n) is 2.75. The smallest absolute Gasteiger partial charge is 0.309 e. The largest absolute Gasteiger partial charge is 0.469 e. The number of rotatable bonds is 8. The van der Waals surface area contributed by atoms with Crippen LogP contribution in [0.3, 0.4) is 0 Å². The zero-order valence-electron chi connectivity index (χ0n) is 12.8. The van der Waals surface area contributed by atoms with Crippen LogP contribution >= 0.6 is 0 Å². The molecule has 0 atom stereocenters. The molecule has 2 rings (SSSR count). The van der Waals surface area contributed by atoms with Crippen molar-refractivity contribution in [3.8, 4) is 0 Å². The molecule has 1 aliphatic carbocycles. The first-order valence-electron chi connectivity index (χ1n) is 7.73. The summed E-state index contributed by atoms with van der Waals surface area (Å²) in [5.41, 5.74) is 2.23. The lowest BCUT2D eigenvalue weighted by molar-refractivity contribution is -0.139. The van der Waals surface area contributed by atoms with Gasteiger partial charge in [-0.05, 0) is 30.4 Å². The van der Waals surface area contributed by atoms with Crippen LogP contribution in [0, 0.1) is 0 Å². The molecule has 1 fully saturated rings. The maximum atomic E-state index is 11.5. The number of aliphatic hydroxyl groups excluding tert-OH is 1. The Hall–Kier alpha value is -1.39. The molecule has 4 heteroatoms. The third-order valence-corrected chi connectivity index (χ3v) is 4.25. The van der Waals surface area contributed by atoms with Crippen molar-refractivity contribution in [1.29, 1.82) is 0 Å². The van der Waals surface area contributed by atoms with E-state index in [2.05, 4.69) is 11.0 Å². The van der Waals surface area contributed by atoms with E-state index < -0.39 is 0 Å². The zero-order valence-corrected chi connectivity index (χ0v) is 12.8. The highest BCUT2D eigenvalue weighted by Crippen LogP contribution is 2.27. The standard InChI is InChI=1S/C17H25NO3/c1-21-17(20)12-14-6-2-3-7-15(14)13-18(10-5-11-19)16-8-4-9-16/h2-3,6-7,16,19H,4-5,8-13H2,1H3. The van der Waals surface area contributed by atoms with Crippen LogP contribution in [0.15, 0.2) is 24.3 Å². The molecule has 0 radical (unpaired) electrons. The molecule has 0 heterocycles. The average Bonchev–Trinajstić information content (AvgIpc) is 2.44. The topological polar surface area (TPSA) is 49.8 Å². The van der Waals surface area contributed by atoms with Gasteiger partial charge in [0.2, 0.25) is 0 Å². The summed E-state index contributed by atoms with van der Waals surface area (Å²) in [4.78, 5) is 14.0. The molecule has 1 N–H and O–H groups in total. The van der Waals surface area contributed by atoms with E-state index in [1.165, 1.54) is 31.9 Å². The number of benzene rings is 1. The van der Waals surface area contributed by atoms with E-state index in [9.17, 15) is 4.79 Å². The SMILES string of the molecule is COC(=O)Cc1ccccc1CN(CCCO)C1CCC1. The van der Waals surface area contributed by atoms with Crippen molar-refractivity contribution >= 4 is 5.97 Å². The molecule has 0 bridgehead atoms. The van der Waals surface area contributed by atoms with Crippen LogP contribution in [0.25, 0.3) is 0 Å². The normalized spacial score (nSPS) is 15.0. The van der Waals surface area contributed by atoms with Crippen molar-refractivity contribution in [2.45, 2.75) is 44.7 Å². The van der Waals surface area contributed by atoms with Crippen LogP contribution in [0.2, 0.25) is 0 Å². The molecule has 4 nitrogen and oxygen atoms in total. The predicted octanol–water partition coefficient (Wildman–Crippen LogP) is 2.14. The number of esters is 1. The van der Waals surface area contributed by atoms with Crippen molar-refractivity contribution in [2.75, 3.05) is 20.3 Å². The number of hydrogen-bond acceptors (Lipinski definition) is 4. The Balaban J connectivity index is 2.06. The van der Waals surface area contributed by atoms with Gasteiger partial charge in [0, 0.05) is 25.7 Å². The van der Waals surface area contributed by atoms with E-state index in [0.29, 0.717) is 12.5 Å². The Morgan fingerprint density at radius 3 is 2.62 bits per heavy atom. The maximum Gasteiger partial charge on any atom is 0.309 e. The van der Waals surface area contributed by atoms with Crippen molar-refractivity contribution < 1.29 is 14.6 Å². The number of aliphatic hydroxyl groups is 1. The summed E-state index contributed by atoms with van der Waals surface area (Å²) >= 11 is 0. The second-order valence-corrected chi connectivity index (χ2v) is 5.65. The number of methoxy groups -OCH3 is 1. The average molecular weight is 291 g/mol. The highest BCUT2D eigenvalue weighted by Gasteiger charge is 2.25. The fourth-order valence-corrected chi connectivity index (χ4v) is 2.75. The summed E-state index contributed by atoms with van der Waals surface area (Å²) < 4.78 is 4.77. The second kappa shape index (κ2) is 8.15. The van der Waals surface area contributed by atoms with Crippen molar-refractivity contribution in [3.63, 3.8) is 0 Å². The van der Waals surface area contributed by atoms with E-state index in [0.717, 1.165) is 25.1 Å². The Kier molecular flexibility index (Phi) is 6.21. The van der Waals surface area contributed by atoms with Gasteiger partial charge in [0.15, 0.2) is 0 Å². The third-order valence-electron chi connectivity index (χ3n) is 4.25. The first-order valence-corrected chi connectivity index (χ1v) is 7.73. The quantitative estimate of drug-likeness (QED) is 0.746. The summed E-state index contributed by atoms with van der Waals surface area (Å²) in [6, 6.07) is 8.69. The molecule has 0 amide bonds. The lowest BCUT2D eigenvalue weighted by atomic mass is 9.90. The molecule has 1 aliphatic rings. The summed E-state index contributed by atoms with van der Waals surface area (Å²) in [6.45, 7) is 1.98. The van der Waals surface area contributed by atoms with Crippen molar-refractivity contribution in [1.82, 2.24) is 4.90 Å². The van der Waals surface area contributed by atoms with E-state index in [1.807, 2.05) is 18.2 Å². The summed E-state index contributed by atoms with van der Waals surface area (Å²) in [5.74, 6) is -0.201. The number of carbonyl (C=O) groups excluding carboxylic acids is 1. The van der Waals surface area contributed by atoms with E-state index in [4.69, 9.17) is 9.84 Å². The van der Waals surface area contributed by atoms with Crippen molar-refractivity contribution in [3.05, 3.63) is 35.4 Å². The first kappa shape index (κ1) is 16.0. The number of nitrogens with zero attached hydrogens (tertiary/aromatic N) is 1. The van der Waals surface area contributed by atoms with Crippen molar-refractivity contribution in [2.24, 2.45) is 0 Å². The summed E-state index contributed by atoms with van der Waals surface area (Å²) in [5, 5.41) is 9.07. The predicted molar refractivity (Wildman–Crippen MR) is 81.9 cm³/mol. The minimum atomic E-state index is -0.201. The Morgan fingerprint density at radius 2 is 2.05 bits per heavy atom. The number of carbonyl (C=O) groups is 1. The van der Waals surface area contributed by atoms with E-state index >= 15 is 0 Å². The Morgan fingerprint density at radius 1 is 1.33 bits per heavy atom. The minimum Gasteiger partial charge on any atom is -0.469 e. The molecule has 0 unspecified atom stereocenters. The molecule has 0 saturated heterocycles. The lowest BCUT2D eigenvalue weighted by Gasteiger charge is -2.38. The zero-order chi connectivity index (χ0) is 15.1. The Bertz CT molecular complexity index is 457. The third kappa shape index (κ3) is 4.55. The van der Waals surface area contributed by atoms with Crippen LogP contribution in [0.4, 0.5) is 0 Å². The molecule has 21 heavy (non-hydrogen) atoms. The molecule has 1 saturated carbocycles. The van der Waals surface area contributed by atoms with Crippen LogP contribution < -0.4 is 0 Å². The van der Waals surface area contributed by atoms with Gasteiger partial charge in [-0.3, -0.25) is 9.69 Å². The van der Waals surface area contributed by atoms with E-state index in [1.54, 1.807) is 0 Å². The van der Waals surface area contributed by atoms with Crippen LogP contribution in [0.1, 0.15) is 36.8 Å². The molecule has 1 aromatic rings. The summed E-state index contributed by atoms with van der Waals surface area (Å²) in [7, 11) is 1.42. The first-order chi connectivity index (χ1) is 10.2. The molecule has 116 valence electrons. The molecule has 0 spiro atoms. The monoisotopic (exact) mass is 291 g/mol. The van der Waals surface area contributed by atoms with Crippen LogP contribution in [-0.4, -0.2) is 42.3 Å². The van der Waals surface area contributed by atoms with Crippen LogP contribution in [0.5, 0.6) is 0 Å². The molecular weight excluding hydrogens is 266 g/mol. The highest BCUT2D eigenvalue weighted by atomic mass is 16.5. The minimum absolute atomic E-state index is 0.201. The van der Waals surface area contributed by atoms with E-state index in [-0.39, 0.29) is 12.6 Å². The molecule has 1 aromatic carbocycles. The molecule has 0 aromatic heterocycles. The van der Waals surface area contributed by atoms with Crippen LogP contribution in [-0.2, 0) is 22.5 Å².